The number of benzene rings is 1. The summed E-state index contributed by atoms with van der Waals surface area (Å²) in [5.41, 5.74) is 0.0772. The summed E-state index contributed by atoms with van der Waals surface area (Å²) in [7, 11) is 1.55. The molecule has 2 heterocycles. The Bertz CT molecular complexity index is 706. The highest BCUT2D eigenvalue weighted by atomic mass is 16.7. The Morgan fingerprint density at radius 1 is 1.13 bits per heavy atom. The van der Waals surface area contributed by atoms with Gasteiger partial charge in [-0.15, -0.1) is 0 Å². The zero-order chi connectivity index (χ0) is 16.1. The minimum atomic E-state index is -0.391. The monoisotopic (exact) mass is 319 g/mol. The van der Waals surface area contributed by atoms with Crippen molar-refractivity contribution in [2.75, 3.05) is 40.1 Å². The molecule has 0 unspecified atom stereocenters. The maximum absolute atomic E-state index is 11.3. The molecule has 0 amide bonds. The van der Waals surface area contributed by atoms with Crippen molar-refractivity contribution in [3.05, 3.63) is 34.7 Å². The van der Waals surface area contributed by atoms with Crippen molar-refractivity contribution < 1.29 is 18.6 Å². The minimum Gasteiger partial charge on any atom is -0.488 e. The van der Waals surface area contributed by atoms with E-state index in [0.717, 1.165) is 25.0 Å². The lowest BCUT2D eigenvalue weighted by atomic mass is 10.2. The fourth-order valence-corrected chi connectivity index (χ4v) is 2.71. The normalized spacial score (nSPS) is 15.2. The van der Waals surface area contributed by atoms with Gasteiger partial charge in [0.15, 0.2) is 18.3 Å². The number of rotatable bonds is 7. The van der Waals surface area contributed by atoms with Crippen LogP contribution in [0.3, 0.4) is 0 Å². The van der Waals surface area contributed by atoms with E-state index in [0.29, 0.717) is 23.7 Å². The number of fused-ring (bicyclic) bond motifs is 1. The molecule has 0 bridgehead atoms. The van der Waals surface area contributed by atoms with Gasteiger partial charge in [0.25, 0.3) is 0 Å². The first-order chi connectivity index (χ1) is 11.3. The van der Waals surface area contributed by atoms with Crippen LogP contribution in [0.4, 0.5) is 0 Å². The van der Waals surface area contributed by atoms with Crippen LogP contribution in [0, 0.1) is 0 Å². The van der Waals surface area contributed by atoms with Gasteiger partial charge in [-0.25, -0.2) is 4.79 Å². The molecule has 0 saturated carbocycles. The van der Waals surface area contributed by atoms with E-state index in [4.69, 9.17) is 18.6 Å². The first-order valence-corrected chi connectivity index (χ1v) is 7.81. The molecule has 0 aliphatic carbocycles. The molecule has 23 heavy (non-hydrogen) atoms. The van der Waals surface area contributed by atoms with E-state index in [1.54, 1.807) is 19.2 Å². The third-order valence-corrected chi connectivity index (χ3v) is 3.88. The van der Waals surface area contributed by atoms with Gasteiger partial charge in [0.05, 0.1) is 0 Å². The van der Waals surface area contributed by atoms with Gasteiger partial charge in [-0.2, -0.15) is 0 Å². The molecule has 1 aliphatic heterocycles. The molecule has 3 rings (SSSR count). The van der Waals surface area contributed by atoms with E-state index in [2.05, 4.69) is 4.90 Å². The lowest BCUT2D eigenvalue weighted by Gasteiger charge is -2.17. The average Bonchev–Trinajstić information content (AvgIpc) is 3.06. The molecule has 1 aliphatic rings. The SMILES string of the molecule is COCOc1cc2oc(=O)ccc2cc1OCCN1CCCC1. The van der Waals surface area contributed by atoms with Gasteiger partial charge >= 0.3 is 5.63 Å². The topological polar surface area (TPSA) is 61.1 Å². The molecule has 0 spiro atoms. The summed E-state index contributed by atoms with van der Waals surface area (Å²) in [6.07, 6.45) is 2.52. The molecule has 2 aromatic rings. The van der Waals surface area contributed by atoms with Crippen molar-refractivity contribution in [3.63, 3.8) is 0 Å². The predicted octanol–water partition coefficient (Wildman–Crippen LogP) is 2.25. The number of hydrogen-bond acceptors (Lipinski definition) is 6. The second kappa shape index (κ2) is 7.48. The summed E-state index contributed by atoms with van der Waals surface area (Å²) in [4.78, 5) is 13.7. The van der Waals surface area contributed by atoms with Gasteiger partial charge in [-0.05, 0) is 38.1 Å². The van der Waals surface area contributed by atoms with Gasteiger partial charge in [0.2, 0.25) is 0 Å². The summed E-state index contributed by atoms with van der Waals surface area (Å²) in [5.74, 6) is 1.14. The third kappa shape index (κ3) is 4.03. The zero-order valence-corrected chi connectivity index (χ0v) is 13.2. The molecular weight excluding hydrogens is 298 g/mol. The summed E-state index contributed by atoms with van der Waals surface area (Å²) < 4.78 is 21.6. The van der Waals surface area contributed by atoms with E-state index >= 15 is 0 Å². The maximum Gasteiger partial charge on any atom is 0.336 e. The standard InChI is InChI=1S/C17H21NO5/c1-20-12-22-16-11-14-13(4-5-17(19)23-14)10-15(16)21-9-8-18-6-2-3-7-18/h4-5,10-11H,2-3,6-9,12H2,1H3. The van der Waals surface area contributed by atoms with Gasteiger partial charge in [0, 0.05) is 31.2 Å². The molecule has 0 N–H and O–H groups in total. The van der Waals surface area contributed by atoms with E-state index in [1.165, 1.54) is 18.9 Å². The summed E-state index contributed by atoms with van der Waals surface area (Å²) >= 11 is 0. The van der Waals surface area contributed by atoms with Crippen LogP contribution in [0.2, 0.25) is 0 Å². The van der Waals surface area contributed by atoms with Gasteiger partial charge in [-0.3, -0.25) is 4.90 Å². The van der Waals surface area contributed by atoms with Crippen molar-refractivity contribution in [2.45, 2.75) is 12.8 Å². The molecule has 0 radical (unpaired) electrons. The van der Waals surface area contributed by atoms with E-state index in [9.17, 15) is 4.79 Å². The van der Waals surface area contributed by atoms with Crippen LogP contribution in [0.5, 0.6) is 11.5 Å². The Morgan fingerprint density at radius 2 is 1.91 bits per heavy atom. The maximum atomic E-state index is 11.3. The minimum absolute atomic E-state index is 0.102. The average molecular weight is 319 g/mol. The lowest BCUT2D eigenvalue weighted by molar-refractivity contribution is 0.0484. The number of hydrogen-bond donors (Lipinski definition) is 0. The van der Waals surface area contributed by atoms with Gasteiger partial charge in [-0.1, -0.05) is 0 Å². The Kier molecular flexibility index (Phi) is 5.15. The smallest absolute Gasteiger partial charge is 0.336 e. The van der Waals surface area contributed by atoms with Crippen molar-refractivity contribution in [3.8, 4) is 11.5 Å². The number of methoxy groups -OCH3 is 1. The Morgan fingerprint density at radius 3 is 2.70 bits per heavy atom. The molecule has 0 atom stereocenters. The molecule has 6 heteroatoms. The number of ether oxygens (including phenoxy) is 3. The third-order valence-electron chi connectivity index (χ3n) is 3.88. The molecule has 124 valence electrons. The molecule has 6 nitrogen and oxygen atoms in total. The molecular formula is C17H21NO5. The summed E-state index contributed by atoms with van der Waals surface area (Å²) in [5, 5.41) is 0.797. The van der Waals surface area contributed by atoms with Gasteiger partial charge < -0.3 is 18.6 Å². The van der Waals surface area contributed by atoms with Crippen LogP contribution in [-0.4, -0.2) is 45.0 Å². The Labute approximate surface area is 134 Å². The first-order valence-electron chi connectivity index (χ1n) is 7.81. The van der Waals surface area contributed by atoms with Crippen molar-refractivity contribution in [1.29, 1.82) is 0 Å². The van der Waals surface area contributed by atoms with Crippen LogP contribution in [0.25, 0.3) is 11.0 Å². The largest absolute Gasteiger partial charge is 0.488 e. The highest BCUT2D eigenvalue weighted by molar-refractivity contribution is 5.80. The van der Waals surface area contributed by atoms with E-state index in [1.807, 2.05) is 6.07 Å². The molecule has 1 aromatic heterocycles. The second-order valence-electron chi connectivity index (χ2n) is 5.54. The lowest BCUT2D eigenvalue weighted by Crippen LogP contribution is -2.25. The Balaban J connectivity index is 1.77. The van der Waals surface area contributed by atoms with E-state index < -0.39 is 5.63 Å². The van der Waals surface area contributed by atoms with Crippen LogP contribution < -0.4 is 15.1 Å². The van der Waals surface area contributed by atoms with Crippen molar-refractivity contribution >= 4 is 11.0 Å². The quantitative estimate of drug-likeness (QED) is 0.576. The van der Waals surface area contributed by atoms with Crippen molar-refractivity contribution in [2.24, 2.45) is 0 Å². The highest BCUT2D eigenvalue weighted by Crippen LogP contribution is 2.32. The summed E-state index contributed by atoms with van der Waals surface area (Å²) in [6, 6.07) is 6.61. The van der Waals surface area contributed by atoms with Gasteiger partial charge in [0.1, 0.15) is 12.2 Å². The summed E-state index contributed by atoms with van der Waals surface area (Å²) in [6.45, 7) is 3.86. The van der Waals surface area contributed by atoms with Crippen LogP contribution >= 0.6 is 0 Å². The zero-order valence-electron chi connectivity index (χ0n) is 13.2. The molecule has 1 saturated heterocycles. The molecule has 1 aromatic carbocycles. The highest BCUT2D eigenvalue weighted by Gasteiger charge is 2.13. The predicted molar refractivity (Wildman–Crippen MR) is 86.2 cm³/mol. The number of likely N-dealkylation sites (tertiary alicyclic amines) is 1. The first kappa shape index (κ1) is 15.8. The van der Waals surface area contributed by atoms with Crippen LogP contribution in [0.1, 0.15) is 12.8 Å². The van der Waals surface area contributed by atoms with Crippen LogP contribution in [-0.2, 0) is 4.74 Å². The Hall–Kier alpha value is -2.05. The second-order valence-corrected chi connectivity index (χ2v) is 5.54. The fourth-order valence-electron chi connectivity index (χ4n) is 2.71. The number of nitrogens with zero attached hydrogens (tertiary/aromatic N) is 1. The van der Waals surface area contributed by atoms with Crippen LogP contribution in [0.15, 0.2) is 33.5 Å². The van der Waals surface area contributed by atoms with Crippen molar-refractivity contribution in [1.82, 2.24) is 4.90 Å². The fraction of sp³-hybridized carbons (Fsp3) is 0.471. The molecule has 1 fully saturated rings. The van der Waals surface area contributed by atoms with E-state index in [-0.39, 0.29) is 6.79 Å².